The summed E-state index contributed by atoms with van der Waals surface area (Å²) in [5.41, 5.74) is 6.17. The Morgan fingerprint density at radius 2 is 2.05 bits per heavy atom. The number of nitrogens with zero attached hydrogens (tertiary/aromatic N) is 1. The molecule has 0 bridgehead atoms. The number of nitrogens with one attached hydrogen (secondary N) is 1. The van der Waals surface area contributed by atoms with Crippen LogP contribution in [0.25, 0.3) is 0 Å². The fraction of sp³-hybridized carbons (Fsp3) is 0.583. The Morgan fingerprint density at radius 3 is 2.68 bits per heavy atom. The Labute approximate surface area is 116 Å². The summed E-state index contributed by atoms with van der Waals surface area (Å²) in [5.74, 6) is -0.813. The number of carbonyl (C=O) groups is 2. The molecule has 19 heavy (non-hydrogen) atoms. The lowest BCUT2D eigenvalue weighted by Gasteiger charge is -2.03. The number of carbonyl (C=O) groups excluding carboxylic acids is 1. The second-order valence-corrected chi connectivity index (χ2v) is 5.15. The van der Waals surface area contributed by atoms with E-state index in [1.807, 2.05) is 0 Å². The molecule has 1 aromatic heterocycles. The van der Waals surface area contributed by atoms with Crippen LogP contribution in [0.5, 0.6) is 0 Å². The summed E-state index contributed by atoms with van der Waals surface area (Å²) in [6.07, 6.45) is 3.85. The molecular formula is C12H19N3O3S. The molecular weight excluding hydrogens is 266 g/mol. The van der Waals surface area contributed by atoms with Gasteiger partial charge in [0.1, 0.15) is 0 Å². The minimum atomic E-state index is -0.754. The smallest absolute Gasteiger partial charge is 0.303 e. The van der Waals surface area contributed by atoms with E-state index in [2.05, 4.69) is 10.3 Å². The summed E-state index contributed by atoms with van der Waals surface area (Å²) in [6.45, 7) is 0.617. The van der Waals surface area contributed by atoms with Crippen LogP contribution in [-0.2, 0) is 16.0 Å². The van der Waals surface area contributed by atoms with Gasteiger partial charge in [-0.15, -0.1) is 11.3 Å². The minimum Gasteiger partial charge on any atom is -0.481 e. The number of nitrogen functional groups attached to an aromatic ring is 1. The third-order valence-electron chi connectivity index (χ3n) is 2.55. The van der Waals surface area contributed by atoms with Crippen molar-refractivity contribution in [2.24, 2.45) is 0 Å². The Morgan fingerprint density at radius 1 is 1.32 bits per heavy atom. The molecule has 106 valence electrons. The highest BCUT2D eigenvalue weighted by Gasteiger charge is 2.05. The lowest BCUT2D eigenvalue weighted by atomic mass is 10.1. The number of nitrogens with two attached hydrogens (primary N) is 1. The van der Waals surface area contributed by atoms with Gasteiger partial charge in [0, 0.05) is 18.3 Å². The number of carboxylic acids is 1. The van der Waals surface area contributed by atoms with Crippen molar-refractivity contribution in [1.29, 1.82) is 0 Å². The lowest BCUT2D eigenvalue weighted by Crippen LogP contribution is -2.26. The van der Waals surface area contributed by atoms with Gasteiger partial charge in [0.05, 0.1) is 12.1 Å². The van der Waals surface area contributed by atoms with Gasteiger partial charge in [-0.1, -0.05) is 12.8 Å². The molecule has 0 unspecified atom stereocenters. The standard InChI is InChI=1S/C12H19N3O3S/c13-12-15-9(8-19-12)7-10(16)14-6-4-2-1-3-5-11(17)18/h8H,1-7H2,(H2,13,15)(H,14,16)(H,17,18). The summed E-state index contributed by atoms with van der Waals surface area (Å²) in [7, 11) is 0. The molecule has 0 radical (unpaired) electrons. The Balaban J connectivity index is 2.00. The maximum Gasteiger partial charge on any atom is 0.303 e. The van der Waals surface area contributed by atoms with Crippen molar-refractivity contribution < 1.29 is 14.7 Å². The summed E-state index contributed by atoms with van der Waals surface area (Å²) >= 11 is 1.32. The molecule has 0 aromatic carbocycles. The molecule has 1 amide bonds. The number of carboxylic acid groups (broad SMARTS) is 1. The average Bonchev–Trinajstić information content (AvgIpc) is 2.73. The number of thiazole rings is 1. The van der Waals surface area contributed by atoms with Crippen LogP contribution in [-0.4, -0.2) is 28.5 Å². The van der Waals surface area contributed by atoms with E-state index in [-0.39, 0.29) is 18.7 Å². The molecule has 0 aliphatic rings. The van der Waals surface area contributed by atoms with Crippen molar-refractivity contribution >= 4 is 28.3 Å². The molecule has 0 saturated heterocycles. The Hall–Kier alpha value is -1.63. The molecule has 0 fully saturated rings. The minimum absolute atomic E-state index is 0.0594. The summed E-state index contributed by atoms with van der Waals surface area (Å²) in [6, 6.07) is 0. The molecule has 1 aromatic rings. The maximum atomic E-state index is 11.5. The normalized spacial score (nSPS) is 10.3. The molecule has 0 aliphatic heterocycles. The second kappa shape index (κ2) is 8.47. The van der Waals surface area contributed by atoms with Crippen molar-refractivity contribution in [2.75, 3.05) is 12.3 Å². The number of hydrogen-bond acceptors (Lipinski definition) is 5. The van der Waals surface area contributed by atoms with Gasteiger partial charge >= 0.3 is 5.97 Å². The Kier molecular flexibility index (Phi) is 6.88. The van der Waals surface area contributed by atoms with E-state index in [0.29, 0.717) is 23.8 Å². The monoisotopic (exact) mass is 285 g/mol. The predicted molar refractivity (Wildman–Crippen MR) is 74.0 cm³/mol. The predicted octanol–water partition coefficient (Wildman–Crippen LogP) is 1.42. The van der Waals surface area contributed by atoms with Gasteiger partial charge in [0.25, 0.3) is 0 Å². The summed E-state index contributed by atoms with van der Waals surface area (Å²) < 4.78 is 0. The van der Waals surface area contributed by atoms with Gasteiger partial charge < -0.3 is 16.2 Å². The van der Waals surface area contributed by atoms with Crippen LogP contribution in [0, 0.1) is 0 Å². The van der Waals surface area contributed by atoms with Crippen LogP contribution in [0.4, 0.5) is 5.13 Å². The zero-order valence-electron chi connectivity index (χ0n) is 10.7. The maximum absolute atomic E-state index is 11.5. The summed E-state index contributed by atoms with van der Waals surface area (Å²) in [4.78, 5) is 25.8. The van der Waals surface area contributed by atoms with E-state index in [4.69, 9.17) is 10.8 Å². The molecule has 6 nitrogen and oxygen atoms in total. The van der Waals surface area contributed by atoms with Crippen molar-refractivity contribution in [3.8, 4) is 0 Å². The van der Waals surface area contributed by atoms with Gasteiger partial charge in [-0.3, -0.25) is 9.59 Å². The zero-order valence-corrected chi connectivity index (χ0v) is 11.5. The van der Waals surface area contributed by atoms with E-state index in [0.717, 1.165) is 19.3 Å². The number of anilines is 1. The van der Waals surface area contributed by atoms with E-state index in [1.165, 1.54) is 11.3 Å². The highest BCUT2D eigenvalue weighted by atomic mass is 32.1. The van der Waals surface area contributed by atoms with E-state index >= 15 is 0 Å². The van der Waals surface area contributed by atoms with Crippen LogP contribution < -0.4 is 11.1 Å². The van der Waals surface area contributed by atoms with Crippen molar-refractivity contribution in [1.82, 2.24) is 10.3 Å². The quantitative estimate of drug-likeness (QED) is 0.595. The van der Waals surface area contributed by atoms with Crippen LogP contribution in [0.1, 0.15) is 37.8 Å². The SMILES string of the molecule is Nc1nc(CC(=O)NCCCCCCC(=O)O)cs1. The first-order valence-corrected chi connectivity index (χ1v) is 7.14. The number of hydrogen-bond donors (Lipinski definition) is 3. The van der Waals surface area contributed by atoms with Crippen LogP contribution in [0.15, 0.2) is 5.38 Å². The van der Waals surface area contributed by atoms with Crippen molar-refractivity contribution in [3.05, 3.63) is 11.1 Å². The molecule has 7 heteroatoms. The fourth-order valence-electron chi connectivity index (χ4n) is 1.61. The number of aliphatic carboxylic acids is 1. The molecule has 0 saturated carbocycles. The second-order valence-electron chi connectivity index (χ2n) is 4.26. The molecule has 1 rings (SSSR count). The van der Waals surface area contributed by atoms with Gasteiger partial charge in [0.15, 0.2) is 5.13 Å². The number of rotatable bonds is 9. The topological polar surface area (TPSA) is 105 Å². The third-order valence-corrected chi connectivity index (χ3v) is 3.27. The zero-order chi connectivity index (χ0) is 14.1. The number of unbranched alkanes of at least 4 members (excludes halogenated alkanes) is 3. The molecule has 0 atom stereocenters. The molecule has 4 N–H and O–H groups in total. The Bertz CT molecular complexity index is 420. The van der Waals surface area contributed by atoms with E-state index in [1.54, 1.807) is 5.38 Å². The first-order valence-electron chi connectivity index (χ1n) is 6.26. The molecule has 0 aliphatic carbocycles. The average molecular weight is 285 g/mol. The molecule has 1 heterocycles. The number of amides is 1. The van der Waals surface area contributed by atoms with Gasteiger partial charge in [-0.25, -0.2) is 4.98 Å². The lowest BCUT2D eigenvalue weighted by molar-refractivity contribution is -0.137. The van der Waals surface area contributed by atoms with Gasteiger partial charge in [-0.2, -0.15) is 0 Å². The van der Waals surface area contributed by atoms with Crippen LogP contribution in [0.2, 0.25) is 0 Å². The van der Waals surface area contributed by atoms with Gasteiger partial charge in [0.2, 0.25) is 5.91 Å². The highest BCUT2D eigenvalue weighted by molar-refractivity contribution is 7.13. The summed E-state index contributed by atoms with van der Waals surface area (Å²) in [5, 5.41) is 13.5. The van der Waals surface area contributed by atoms with Gasteiger partial charge in [-0.05, 0) is 12.8 Å². The highest BCUT2D eigenvalue weighted by Crippen LogP contribution is 2.11. The number of aromatic nitrogens is 1. The van der Waals surface area contributed by atoms with Crippen LogP contribution >= 0.6 is 11.3 Å². The van der Waals surface area contributed by atoms with E-state index < -0.39 is 5.97 Å². The van der Waals surface area contributed by atoms with Crippen molar-refractivity contribution in [3.63, 3.8) is 0 Å². The van der Waals surface area contributed by atoms with Crippen molar-refractivity contribution in [2.45, 2.75) is 38.5 Å². The largest absolute Gasteiger partial charge is 0.481 e. The first-order chi connectivity index (χ1) is 9.08. The fourth-order valence-corrected chi connectivity index (χ4v) is 2.18. The first kappa shape index (κ1) is 15.4. The third kappa shape index (κ3) is 7.40. The van der Waals surface area contributed by atoms with Crippen LogP contribution in [0.3, 0.4) is 0 Å². The molecule has 0 spiro atoms. The van der Waals surface area contributed by atoms with E-state index in [9.17, 15) is 9.59 Å².